The number of aromatic nitrogens is 2. The highest BCUT2D eigenvalue weighted by atomic mass is 19.4. The van der Waals surface area contributed by atoms with Crippen LogP contribution in [0, 0.1) is 0 Å². The van der Waals surface area contributed by atoms with Gasteiger partial charge in [-0.25, -0.2) is 0 Å². The van der Waals surface area contributed by atoms with Gasteiger partial charge in [-0.3, -0.25) is 9.59 Å². The highest BCUT2D eigenvalue weighted by Gasteiger charge is 2.34. The summed E-state index contributed by atoms with van der Waals surface area (Å²) in [5.41, 5.74) is -1.44. The van der Waals surface area contributed by atoms with Gasteiger partial charge in [-0.05, 0) is 37.5 Å². The molecule has 1 saturated heterocycles. The van der Waals surface area contributed by atoms with E-state index in [-0.39, 0.29) is 23.7 Å². The zero-order valence-corrected chi connectivity index (χ0v) is 17.8. The molecule has 32 heavy (non-hydrogen) atoms. The molecule has 1 atom stereocenters. The first-order valence-electron chi connectivity index (χ1n) is 10.4. The van der Waals surface area contributed by atoms with Crippen LogP contribution >= 0.6 is 0 Å². The number of anilines is 2. The SMILES string of the molecule is CC(C)c1noc(CCCC(=O)Nc2ccc(NC(=O)C3CCCO3)cc2C(F)(F)F)n1. The van der Waals surface area contributed by atoms with Crippen molar-refractivity contribution in [3.63, 3.8) is 0 Å². The third-order valence-corrected chi connectivity index (χ3v) is 4.88. The highest BCUT2D eigenvalue weighted by Crippen LogP contribution is 2.37. The first-order valence-corrected chi connectivity index (χ1v) is 10.4. The normalized spacial score (nSPS) is 16.4. The number of ether oxygens (including phenoxy) is 1. The number of hydrogen-bond acceptors (Lipinski definition) is 6. The van der Waals surface area contributed by atoms with E-state index in [2.05, 4.69) is 20.8 Å². The van der Waals surface area contributed by atoms with Crippen LogP contribution in [0.4, 0.5) is 24.5 Å². The van der Waals surface area contributed by atoms with E-state index in [4.69, 9.17) is 9.26 Å². The molecule has 1 aromatic carbocycles. The minimum atomic E-state index is -4.72. The summed E-state index contributed by atoms with van der Waals surface area (Å²) in [4.78, 5) is 28.5. The van der Waals surface area contributed by atoms with E-state index >= 15 is 0 Å². The number of carbonyl (C=O) groups excluding carboxylic acids is 2. The number of halogens is 3. The van der Waals surface area contributed by atoms with Crippen LogP contribution in [0.25, 0.3) is 0 Å². The van der Waals surface area contributed by atoms with Gasteiger partial charge in [0.15, 0.2) is 5.82 Å². The quantitative estimate of drug-likeness (QED) is 0.616. The van der Waals surface area contributed by atoms with Crippen molar-refractivity contribution in [1.82, 2.24) is 10.1 Å². The van der Waals surface area contributed by atoms with Crippen molar-refractivity contribution in [2.24, 2.45) is 0 Å². The third kappa shape index (κ3) is 6.28. The zero-order valence-electron chi connectivity index (χ0n) is 17.8. The Labute approximate surface area is 182 Å². The topological polar surface area (TPSA) is 106 Å². The van der Waals surface area contributed by atoms with Crippen molar-refractivity contribution in [3.05, 3.63) is 35.5 Å². The Morgan fingerprint density at radius 1 is 1.25 bits per heavy atom. The van der Waals surface area contributed by atoms with Gasteiger partial charge < -0.3 is 19.9 Å². The van der Waals surface area contributed by atoms with Crippen molar-refractivity contribution in [2.45, 2.75) is 64.1 Å². The maximum absolute atomic E-state index is 13.5. The first kappa shape index (κ1) is 23.7. The smallest absolute Gasteiger partial charge is 0.368 e. The van der Waals surface area contributed by atoms with E-state index in [9.17, 15) is 22.8 Å². The van der Waals surface area contributed by atoms with Gasteiger partial charge >= 0.3 is 6.18 Å². The molecule has 1 aromatic heterocycles. The molecular weight excluding hydrogens is 429 g/mol. The maximum atomic E-state index is 13.5. The fourth-order valence-electron chi connectivity index (χ4n) is 3.19. The molecule has 0 saturated carbocycles. The molecule has 0 spiro atoms. The molecule has 2 amide bonds. The van der Waals surface area contributed by atoms with E-state index in [0.29, 0.717) is 37.6 Å². The summed E-state index contributed by atoms with van der Waals surface area (Å²) in [5, 5.41) is 8.56. The molecule has 8 nitrogen and oxygen atoms in total. The van der Waals surface area contributed by atoms with Crippen molar-refractivity contribution in [3.8, 4) is 0 Å². The molecule has 11 heteroatoms. The molecule has 3 rings (SSSR count). The molecule has 1 fully saturated rings. The summed E-state index contributed by atoms with van der Waals surface area (Å²) in [6.07, 6.45) is -3.48. The molecule has 1 unspecified atom stereocenters. The van der Waals surface area contributed by atoms with E-state index in [1.54, 1.807) is 0 Å². The van der Waals surface area contributed by atoms with Crippen LogP contribution in [0.2, 0.25) is 0 Å². The van der Waals surface area contributed by atoms with Crippen molar-refractivity contribution >= 4 is 23.2 Å². The Kier molecular flexibility index (Phi) is 7.49. The molecule has 0 radical (unpaired) electrons. The van der Waals surface area contributed by atoms with Crippen LogP contribution in [0.3, 0.4) is 0 Å². The summed E-state index contributed by atoms with van der Waals surface area (Å²) < 4.78 is 50.9. The van der Waals surface area contributed by atoms with Gasteiger partial charge in [0.2, 0.25) is 11.8 Å². The Morgan fingerprint density at radius 2 is 2.03 bits per heavy atom. The maximum Gasteiger partial charge on any atom is 0.418 e. The average molecular weight is 454 g/mol. The molecule has 0 bridgehead atoms. The Balaban J connectivity index is 1.60. The summed E-state index contributed by atoms with van der Waals surface area (Å²) in [6, 6.07) is 3.23. The van der Waals surface area contributed by atoms with Gasteiger partial charge in [-0.2, -0.15) is 18.2 Å². The minimum Gasteiger partial charge on any atom is -0.368 e. The number of rotatable bonds is 8. The van der Waals surface area contributed by atoms with Crippen molar-refractivity contribution < 1.29 is 32.0 Å². The van der Waals surface area contributed by atoms with Crippen LogP contribution < -0.4 is 10.6 Å². The molecule has 2 N–H and O–H groups in total. The molecular formula is C21H25F3N4O4. The molecule has 2 aromatic rings. The summed E-state index contributed by atoms with van der Waals surface area (Å²) >= 11 is 0. The number of alkyl halides is 3. The minimum absolute atomic E-state index is 0.0196. The standard InChI is InChI=1S/C21H25F3N4O4/c1-12(2)19-27-18(32-28-19)7-3-6-17(29)26-15-9-8-13(11-14(15)21(22,23)24)25-20(30)16-5-4-10-31-16/h8-9,11-12,16H,3-7,10H2,1-2H3,(H,25,30)(H,26,29). The fourth-order valence-corrected chi connectivity index (χ4v) is 3.19. The molecule has 1 aliphatic heterocycles. The van der Waals surface area contributed by atoms with Crippen LogP contribution in [0.5, 0.6) is 0 Å². The predicted molar refractivity (Wildman–Crippen MR) is 109 cm³/mol. The largest absolute Gasteiger partial charge is 0.418 e. The summed E-state index contributed by atoms with van der Waals surface area (Å²) in [7, 11) is 0. The second kappa shape index (κ2) is 10.1. The van der Waals surface area contributed by atoms with Gasteiger partial charge in [-0.1, -0.05) is 19.0 Å². The lowest BCUT2D eigenvalue weighted by molar-refractivity contribution is -0.137. The lowest BCUT2D eigenvalue weighted by Crippen LogP contribution is -2.27. The number of benzene rings is 1. The number of carbonyl (C=O) groups is 2. The lowest BCUT2D eigenvalue weighted by atomic mass is 10.1. The van der Waals surface area contributed by atoms with Gasteiger partial charge in [-0.15, -0.1) is 0 Å². The third-order valence-electron chi connectivity index (χ3n) is 4.88. The number of hydrogen-bond donors (Lipinski definition) is 2. The van der Waals surface area contributed by atoms with Crippen molar-refractivity contribution in [2.75, 3.05) is 17.2 Å². The van der Waals surface area contributed by atoms with Crippen LogP contribution in [-0.4, -0.2) is 34.7 Å². The van der Waals surface area contributed by atoms with Gasteiger partial charge in [0.05, 0.1) is 11.3 Å². The number of aryl methyl sites for hydroxylation is 1. The summed E-state index contributed by atoms with van der Waals surface area (Å²) in [5.74, 6) is -0.0194. The van der Waals surface area contributed by atoms with E-state index in [1.165, 1.54) is 6.07 Å². The Morgan fingerprint density at radius 3 is 2.66 bits per heavy atom. The van der Waals surface area contributed by atoms with E-state index in [0.717, 1.165) is 18.6 Å². The fraction of sp³-hybridized carbons (Fsp3) is 0.524. The lowest BCUT2D eigenvalue weighted by Gasteiger charge is -2.16. The Hall–Kier alpha value is -2.95. The molecule has 2 heterocycles. The average Bonchev–Trinajstić information content (AvgIpc) is 3.40. The second-order valence-corrected chi connectivity index (χ2v) is 7.85. The van der Waals surface area contributed by atoms with Gasteiger partial charge in [0.25, 0.3) is 5.91 Å². The highest BCUT2D eigenvalue weighted by molar-refractivity contribution is 5.96. The van der Waals surface area contributed by atoms with Crippen LogP contribution in [-0.2, 0) is 26.9 Å². The van der Waals surface area contributed by atoms with Crippen LogP contribution in [0.15, 0.2) is 22.7 Å². The zero-order chi connectivity index (χ0) is 23.3. The molecule has 0 aliphatic carbocycles. The van der Waals surface area contributed by atoms with E-state index < -0.39 is 29.7 Å². The van der Waals surface area contributed by atoms with E-state index in [1.807, 2.05) is 13.8 Å². The number of amides is 2. The van der Waals surface area contributed by atoms with Crippen molar-refractivity contribution in [1.29, 1.82) is 0 Å². The molecule has 1 aliphatic rings. The van der Waals surface area contributed by atoms with Crippen LogP contribution in [0.1, 0.15) is 62.7 Å². The monoisotopic (exact) mass is 454 g/mol. The summed E-state index contributed by atoms with van der Waals surface area (Å²) in [6.45, 7) is 4.28. The number of nitrogens with zero attached hydrogens (tertiary/aromatic N) is 2. The van der Waals surface area contributed by atoms with Gasteiger partial charge in [0, 0.05) is 31.1 Å². The Bertz CT molecular complexity index is 953. The predicted octanol–water partition coefficient (Wildman–Crippen LogP) is 4.29. The first-order chi connectivity index (χ1) is 15.1. The second-order valence-electron chi connectivity index (χ2n) is 7.85. The van der Waals surface area contributed by atoms with Gasteiger partial charge in [0.1, 0.15) is 6.10 Å². The molecule has 174 valence electrons. The number of nitrogens with one attached hydrogen (secondary N) is 2.